The standard InChI is InChI=1S/C27H29N7O/c1-19-10-12-20(13-11-19)16-26(35)28-21-17-24(29-25(18-21)34-14-6-2-3-7-15-34)22-8-4-5-9-23(22)27-30-32-33-31-27/h4-5,8-13,17-18H,2-3,6-7,14-16H2,1H3,(H,28,29,35)(H,30,31,32,33). The van der Waals surface area contributed by atoms with Gasteiger partial charge in [-0.2, -0.15) is 5.21 Å². The summed E-state index contributed by atoms with van der Waals surface area (Å²) >= 11 is 0. The van der Waals surface area contributed by atoms with Crippen molar-refractivity contribution in [1.29, 1.82) is 0 Å². The van der Waals surface area contributed by atoms with Gasteiger partial charge in [-0.15, -0.1) is 10.2 Å². The summed E-state index contributed by atoms with van der Waals surface area (Å²) in [6.07, 6.45) is 5.06. The average Bonchev–Trinajstić information content (AvgIpc) is 3.27. The molecule has 0 spiro atoms. The second kappa shape index (κ2) is 10.5. The summed E-state index contributed by atoms with van der Waals surface area (Å²) in [5.41, 5.74) is 5.37. The molecule has 178 valence electrons. The highest BCUT2D eigenvalue weighted by Gasteiger charge is 2.18. The van der Waals surface area contributed by atoms with Gasteiger partial charge in [0.15, 0.2) is 0 Å². The summed E-state index contributed by atoms with van der Waals surface area (Å²) in [6, 6.07) is 19.8. The lowest BCUT2D eigenvalue weighted by Crippen LogP contribution is -2.25. The maximum absolute atomic E-state index is 12.9. The molecule has 1 fully saturated rings. The summed E-state index contributed by atoms with van der Waals surface area (Å²) in [7, 11) is 0. The van der Waals surface area contributed by atoms with Gasteiger partial charge in [-0.25, -0.2) is 4.98 Å². The minimum Gasteiger partial charge on any atom is -0.357 e. The zero-order valence-electron chi connectivity index (χ0n) is 19.9. The molecule has 4 aromatic rings. The number of tetrazole rings is 1. The van der Waals surface area contributed by atoms with Gasteiger partial charge in [-0.1, -0.05) is 66.9 Å². The number of pyridine rings is 1. The van der Waals surface area contributed by atoms with E-state index < -0.39 is 0 Å². The van der Waals surface area contributed by atoms with Crippen LogP contribution in [0.4, 0.5) is 11.5 Å². The third-order valence-corrected chi connectivity index (χ3v) is 6.30. The van der Waals surface area contributed by atoms with Gasteiger partial charge >= 0.3 is 0 Å². The van der Waals surface area contributed by atoms with E-state index in [0.29, 0.717) is 12.2 Å². The quantitative estimate of drug-likeness (QED) is 0.423. The predicted molar refractivity (Wildman–Crippen MR) is 137 cm³/mol. The van der Waals surface area contributed by atoms with Crippen LogP contribution in [0.3, 0.4) is 0 Å². The normalized spacial score (nSPS) is 13.9. The minimum atomic E-state index is -0.0562. The van der Waals surface area contributed by atoms with Crippen LogP contribution in [0.15, 0.2) is 60.7 Å². The number of nitrogens with zero attached hydrogens (tertiary/aromatic N) is 5. The van der Waals surface area contributed by atoms with E-state index in [1.165, 1.54) is 18.4 Å². The van der Waals surface area contributed by atoms with E-state index in [2.05, 4.69) is 30.8 Å². The van der Waals surface area contributed by atoms with Crippen molar-refractivity contribution in [2.24, 2.45) is 0 Å². The maximum Gasteiger partial charge on any atom is 0.228 e. The lowest BCUT2D eigenvalue weighted by atomic mass is 10.0. The number of aryl methyl sites for hydroxylation is 1. The van der Waals surface area contributed by atoms with Gasteiger partial charge in [-0.3, -0.25) is 4.79 Å². The SMILES string of the molecule is Cc1ccc(CC(=O)Nc2cc(-c3ccccc3-c3nn[nH]n3)nc(N3CCCCCC3)c2)cc1. The number of aromatic amines is 1. The Morgan fingerprint density at radius 3 is 2.43 bits per heavy atom. The molecule has 0 aliphatic carbocycles. The number of aromatic nitrogens is 5. The third kappa shape index (κ3) is 5.54. The third-order valence-electron chi connectivity index (χ3n) is 6.30. The van der Waals surface area contributed by atoms with Crippen molar-refractivity contribution < 1.29 is 4.79 Å². The molecule has 3 heterocycles. The number of amides is 1. The number of hydrogen-bond donors (Lipinski definition) is 2. The maximum atomic E-state index is 12.9. The summed E-state index contributed by atoms with van der Waals surface area (Å²) in [5.74, 6) is 1.32. The van der Waals surface area contributed by atoms with E-state index in [9.17, 15) is 4.79 Å². The van der Waals surface area contributed by atoms with Crippen LogP contribution in [-0.2, 0) is 11.2 Å². The molecule has 1 aliphatic heterocycles. The first-order valence-corrected chi connectivity index (χ1v) is 12.1. The van der Waals surface area contributed by atoms with Crippen molar-refractivity contribution in [3.8, 4) is 22.6 Å². The Morgan fingerprint density at radius 1 is 0.971 bits per heavy atom. The Morgan fingerprint density at radius 2 is 1.71 bits per heavy atom. The van der Waals surface area contributed by atoms with Crippen molar-refractivity contribution in [3.05, 3.63) is 71.8 Å². The molecule has 2 aromatic carbocycles. The van der Waals surface area contributed by atoms with Crippen LogP contribution in [0.1, 0.15) is 36.8 Å². The van der Waals surface area contributed by atoms with Crippen molar-refractivity contribution in [2.45, 2.75) is 39.0 Å². The zero-order chi connectivity index (χ0) is 24.0. The lowest BCUT2D eigenvalue weighted by molar-refractivity contribution is -0.115. The number of H-pyrrole nitrogens is 1. The van der Waals surface area contributed by atoms with Crippen LogP contribution in [0.2, 0.25) is 0 Å². The molecule has 5 rings (SSSR count). The molecule has 1 amide bonds. The number of anilines is 2. The first-order chi connectivity index (χ1) is 17.2. The number of nitrogens with one attached hydrogen (secondary N) is 2. The van der Waals surface area contributed by atoms with Crippen molar-refractivity contribution in [3.63, 3.8) is 0 Å². The molecule has 8 heteroatoms. The largest absolute Gasteiger partial charge is 0.357 e. The number of benzene rings is 2. The minimum absolute atomic E-state index is 0.0562. The summed E-state index contributed by atoms with van der Waals surface area (Å²) in [5, 5.41) is 17.7. The van der Waals surface area contributed by atoms with E-state index in [-0.39, 0.29) is 5.91 Å². The highest BCUT2D eigenvalue weighted by molar-refractivity contribution is 5.93. The van der Waals surface area contributed by atoms with E-state index >= 15 is 0 Å². The van der Waals surface area contributed by atoms with E-state index in [1.807, 2.05) is 67.6 Å². The monoisotopic (exact) mass is 467 g/mol. The fourth-order valence-electron chi connectivity index (χ4n) is 4.46. The van der Waals surface area contributed by atoms with Crippen molar-refractivity contribution in [1.82, 2.24) is 25.6 Å². The smallest absolute Gasteiger partial charge is 0.228 e. The van der Waals surface area contributed by atoms with Crippen LogP contribution >= 0.6 is 0 Å². The molecule has 8 nitrogen and oxygen atoms in total. The Labute approximate surface area is 204 Å². The van der Waals surface area contributed by atoms with Crippen LogP contribution in [0.25, 0.3) is 22.6 Å². The Bertz CT molecular complexity index is 1280. The van der Waals surface area contributed by atoms with E-state index in [0.717, 1.165) is 59.8 Å². The molecule has 0 saturated carbocycles. The first-order valence-electron chi connectivity index (χ1n) is 12.1. The number of carbonyl (C=O) groups excluding carboxylic acids is 1. The molecule has 1 saturated heterocycles. The van der Waals surface area contributed by atoms with E-state index in [4.69, 9.17) is 4.98 Å². The molecule has 2 N–H and O–H groups in total. The molecule has 0 radical (unpaired) electrons. The zero-order valence-corrected chi connectivity index (χ0v) is 19.9. The highest BCUT2D eigenvalue weighted by Crippen LogP contribution is 2.32. The fourth-order valence-corrected chi connectivity index (χ4v) is 4.46. The average molecular weight is 468 g/mol. The summed E-state index contributed by atoms with van der Waals surface area (Å²) < 4.78 is 0. The Kier molecular flexibility index (Phi) is 6.79. The van der Waals surface area contributed by atoms with Gasteiger partial charge in [0.05, 0.1) is 12.1 Å². The van der Waals surface area contributed by atoms with Gasteiger partial charge in [0, 0.05) is 36.0 Å². The van der Waals surface area contributed by atoms with Crippen LogP contribution in [0, 0.1) is 6.92 Å². The topological polar surface area (TPSA) is 99.7 Å². The molecular weight excluding hydrogens is 438 g/mol. The van der Waals surface area contributed by atoms with Crippen LogP contribution in [-0.4, -0.2) is 44.6 Å². The number of hydrogen-bond acceptors (Lipinski definition) is 6. The lowest BCUT2D eigenvalue weighted by Gasteiger charge is -2.23. The van der Waals surface area contributed by atoms with Gasteiger partial charge in [0.25, 0.3) is 0 Å². The van der Waals surface area contributed by atoms with E-state index in [1.54, 1.807) is 0 Å². The molecule has 0 atom stereocenters. The van der Waals surface area contributed by atoms with Crippen molar-refractivity contribution >= 4 is 17.4 Å². The second-order valence-electron chi connectivity index (χ2n) is 8.99. The number of carbonyl (C=O) groups is 1. The summed E-state index contributed by atoms with van der Waals surface area (Å²) in [4.78, 5) is 20.3. The fraction of sp³-hybridized carbons (Fsp3) is 0.296. The molecular formula is C27H29N7O. The van der Waals surface area contributed by atoms with Crippen molar-refractivity contribution in [2.75, 3.05) is 23.3 Å². The van der Waals surface area contributed by atoms with Gasteiger partial charge < -0.3 is 10.2 Å². The molecule has 35 heavy (non-hydrogen) atoms. The second-order valence-corrected chi connectivity index (χ2v) is 8.99. The molecule has 2 aromatic heterocycles. The Balaban J connectivity index is 1.50. The molecule has 1 aliphatic rings. The Hall–Kier alpha value is -4.07. The first kappa shape index (κ1) is 22.7. The van der Waals surface area contributed by atoms with Crippen LogP contribution < -0.4 is 10.2 Å². The summed E-state index contributed by atoms with van der Waals surface area (Å²) in [6.45, 7) is 3.96. The predicted octanol–water partition coefficient (Wildman–Crippen LogP) is 4.80. The van der Waals surface area contributed by atoms with Gasteiger partial charge in [-0.05, 0) is 36.6 Å². The molecule has 0 unspecified atom stereocenters. The van der Waals surface area contributed by atoms with Gasteiger partial charge in [0.2, 0.25) is 11.7 Å². The molecule has 0 bridgehead atoms. The highest BCUT2D eigenvalue weighted by atomic mass is 16.1. The number of rotatable bonds is 6. The van der Waals surface area contributed by atoms with Crippen LogP contribution in [0.5, 0.6) is 0 Å². The van der Waals surface area contributed by atoms with Gasteiger partial charge in [0.1, 0.15) is 5.82 Å².